The molecule has 0 spiro atoms. The maximum absolute atomic E-state index is 12.5. The van der Waals surface area contributed by atoms with Gasteiger partial charge >= 0.3 is 0 Å². The summed E-state index contributed by atoms with van der Waals surface area (Å²) in [6.45, 7) is 2.41. The van der Waals surface area contributed by atoms with E-state index in [4.69, 9.17) is 0 Å². The maximum atomic E-state index is 12.5. The number of H-pyrrole nitrogens is 1. The van der Waals surface area contributed by atoms with Crippen LogP contribution < -0.4 is 5.32 Å². The van der Waals surface area contributed by atoms with E-state index in [0.717, 1.165) is 50.2 Å². The minimum Gasteiger partial charge on any atom is -0.340 e. The summed E-state index contributed by atoms with van der Waals surface area (Å²) in [5.41, 5.74) is 4.01. The van der Waals surface area contributed by atoms with E-state index in [1.807, 2.05) is 25.2 Å². The zero-order valence-corrected chi connectivity index (χ0v) is 14.2. The normalized spacial score (nSPS) is 13.1. The van der Waals surface area contributed by atoms with Crippen molar-refractivity contribution in [1.82, 2.24) is 20.4 Å². The zero-order valence-electron chi connectivity index (χ0n) is 13.3. The number of aromatic amines is 1. The molecule has 0 unspecified atom stereocenters. The van der Waals surface area contributed by atoms with Crippen LogP contribution in [0.2, 0.25) is 0 Å². The first-order valence-electron chi connectivity index (χ1n) is 7.82. The van der Waals surface area contributed by atoms with E-state index in [-0.39, 0.29) is 18.3 Å². The van der Waals surface area contributed by atoms with Gasteiger partial charge in [-0.2, -0.15) is 5.10 Å². The van der Waals surface area contributed by atoms with Gasteiger partial charge in [-0.1, -0.05) is 30.3 Å². The van der Waals surface area contributed by atoms with Crippen molar-refractivity contribution in [2.45, 2.75) is 25.8 Å². The van der Waals surface area contributed by atoms with Crippen molar-refractivity contribution >= 4 is 18.3 Å². The van der Waals surface area contributed by atoms with Crippen LogP contribution >= 0.6 is 12.4 Å². The van der Waals surface area contributed by atoms with Gasteiger partial charge in [0.2, 0.25) is 0 Å². The number of benzene rings is 1. The lowest BCUT2D eigenvalue weighted by Gasteiger charge is -2.18. The molecule has 124 valence electrons. The highest BCUT2D eigenvalue weighted by Gasteiger charge is 2.23. The molecule has 0 atom stereocenters. The van der Waals surface area contributed by atoms with E-state index in [0.29, 0.717) is 5.69 Å². The summed E-state index contributed by atoms with van der Waals surface area (Å²) in [4.78, 5) is 14.3. The second kappa shape index (κ2) is 8.13. The highest BCUT2D eigenvalue weighted by molar-refractivity contribution is 5.93. The number of carbonyl (C=O) groups is 1. The number of hydrogen-bond donors (Lipinski definition) is 2. The first-order chi connectivity index (χ1) is 10.8. The number of fused-ring (bicyclic) bond motifs is 1. The Hall–Kier alpha value is -1.85. The fraction of sp³-hybridized carbons (Fsp3) is 0.412. The van der Waals surface area contributed by atoms with Gasteiger partial charge < -0.3 is 10.2 Å². The molecule has 0 radical (unpaired) electrons. The molecule has 23 heavy (non-hydrogen) atoms. The van der Waals surface area contributed by atoms with Crippen molar-refractivity contribution in [1.29, 1.82) is 0 Å². The van der Waals surface area contributed by atoms with Crippen LogP contribution in [-0.2, 0) is 19.4 Å². The van der Waals surface area contributed by atoms with E-state index < -0.39 is 0 Å². The van der Waals surface area contributed by atoms with Gasteiger partial charge in [-0.05, 0) is 18.4 Å². The van der Waals surface area contributed by atoms with Crippen LogP contribution in [0.4, 0.5) is 0 Å². The van der Waals surface area contributed by atoms with Crippen LogP contribution in [0, 0.1) is 0 Å². The van der Waals surface area contributed by atoms with E-state index in [1.54, 1.807) is 4.90 Å². The number of aryl methyl sites for hydroxylation is 1. The predicted octanol–water partition coefficient (Wildman–Crippen LogP) is 2.18. The van der Waals surface area contributed by atoms with Gasteiger partial charge in [-0.15, -0.1) is 12.4 Å². The Morgan fingerprint density at radius 2 is 2.09 bits per heavy atom. The van der Waals surface area contributed by atoms with Crippen molar-refractivity contribution in [3.05, 3.63) is 52.8 Å². The average molecular weight is 335 g/mol. The van der Waals surface area contributed by atoms with Crippen LogP contribution in [0.1, 0.15) is 33.7 Å². The SMILES string of the molecule is CN(CCCc1ccccc1)C(=O)c1n[nH]c2c1CNCC2.Cl. The summed E-state index contributed by atoms with van der Waals surface area (Å²) in [5.74, 6) is 0.00858. The minimum atomic E-state index is 0. The number of halogens is 1. The highest BCUT2D eigenvalue weighted by Crippen LogP contribution is 2.16. The Morgan fingerprint density at radius 1 is 1.30 bits per heavy atom. The van der Waals surface area contributed by atoms with Crippen molar-refractivity contribution < 1.29 is 4.79 Å². The van der Waals surface area contributed by atoms with Crippen molar-refractivity contribution in [2.75, 3.05) is 20.1 Å². The molecule has 1 aliphatic rings. The maximum Gasteiger partial charge on any atom is 0.274 e. The third kappa shape index (κ3) is 4.12. The van der Waals surface area contributed by atoms with Crippen LogP contribution in [0.5, 0.6) is 0 Å². The number of nitrogens with zero attached hydrogens (tertiary/aromatic N) is 2. The van der Waals surface area contributed by atoms with Crippen LogP contribution in [0.15, 0.2) is 30.3 Å². The highest BCUT2D eigenvalue weighted by atomic mass is 35.5. The Labute approximate surface area is 142 Å². The van der Waals surface area contributed by atoms with Gasteiger partial charge in [0.15, 0.2) is 5.69 Å². The number of carbonyl (C=O) groups excluding carboxylic acids is 1. The molecule has 1 aromatic heterocycles. The average Bonchev–Trinajstić information content (AvgIpc) is 2.99. The first kappa shape index (κ1) is 17.5. The molecule has 0 fully saturated rings. The Morgan fingerprint density at radius 3 is 2.87 bits per heavy atom. The molecule has 0 bridgehead atoms. The smallest absolute Gasteiger partial charge is 0.274 e. The lowest BCUT2D eigenvalue weighted by Crippen LogP contribution is -2.31. The second-order valence-electron chi connectivity index (χ2n) is 5.77. The van der Waals surface area contributed by atoms with Gasteiger partial charge in [-0.25, -0.2) is 0 Å². The Bertz CT molecular complexity index is 641. The summed E-state index contributed by atoms with van der Waals surface area (Å²) in [5, 5.41) is 10.5. The quantitative estimate of drug-likeness (QED) is 0.881. The number of nitrogens with one attached hydrogen (secondary N) is 2. The third-order valence-corrected chi connectivity index (χ3v) is 4.16. The largest absolute Gasteiger partial charge is 0.340 e. The predicted molar refractivity (Wildman–Crippen MR) is 93.0 cm³/mol. The molecule has 3 rings (SSSR count). The molecule has 6 heteroatoms. The third-order valence-electron chi connectivity index (χ3n) is 4.16. The van der Waals surface area contributed by atoms with E-state index >= 15 is 0 Å². The fourth-order valence-corrected chi connectivity index (χ4v) is 2.85. The van der Waals surface area contributed by atoms with Gasteiger partial charge in [0.1, 0.15) is 0 Å². The van der Waals surface area contributed by atoms with E-state index in [1.165, 1.54) is 5.56 Å². The second-order valence-corrected chi connectivity index (χ2v) is 5.77. The molecule has 1 aliphatic heterocycles. The Kier molecular flexibility index (Phi) is 6.19. The van der Waals surface area contributed by atoms with E-state index in [9.17, 15) is 4.79 Å². The Balaban J connectivity index is 0.00000192. The summed E-state index contributed by atoms with van der Waals surface area (Å²) in [6.07, 6.45) is 2.85. The van der Waals surface area contributed by atoms with Crippen molar-refractivity contribution in [3.8, 4) is 0 Å². The fourth-order valence-electron chi connectivity index (χ4n) is 2.85. The molecule has 0 saturated heterocycles. The molecule has 2 aromatic rings. The molecule has 2 heterocycles. The van der Waals surface area contributed by atoms with Gasteiger partial charge in [0.05, 0.1) is 0 Å². The summed E-state index contributed by atoms with van der Waals surface area (Å²) in [7, 11) is 1.85. The van der Waals surface area contributed by atoms with E-state index in [2.05, 4.69) is 27.6 Å². The molecular formula is C17H23ClN4O. The summed E-state index contributed by atoms with van der Waals surface area (Å²) in [6, 6.07) is 10.4. The van der Waals surface area contributed by atoms with Crippen LogP contribution in [0.3, 0.4) is 0 Å². The number of hydrogen-bond acceptors (Lipinski definition) is 3. The molecule has 0 saturated carbocycles. The molecule has 2 N–H and O–H groups in total. The molecule has 0 aliphatic carbocycles. The molecular weight excluding hydrogens is 312 g/mol. The van der Waals surface area contributed by atoms with Gasteiger partial charge in [-0.3, -0.25) is 9.89 Å². The zero-order chi connectivity index (χ0) is 15.4. The molecule has 1 amide bonds. The summed E-state index contributed by atoms with van der Waals surface area (Å²) < 4.78 is 0. The monoisotopic (exact) mass is 334 g/mol. The minimum absolute atomic E-state index is 0. The van der Waals surface area contributed by atoms with Crippen LogP contribution in [0.25, 0.3) is 0 Å². The lowest BCUT2D eigenvalue weighted by atomic mass is 10.1. The number of aromatic nitrogens is 2. The topological polar surface area (TPSA) is 61.0 Å². The number of rotatable bonds is 5. The standard InChI is InChI=1S/C17H22N4O.ClH/c1-21(11-5-8-13-6-3-2-4-7-13)17(22)16-14-12-18-10-9-15(14)19-20-16;/h2-4,6-7,18H,5,8-12H2,1H3,(H,19,20);1H. The first-order valence-corrected chi connectivity index (χ1v) is 7.82. The van der Waals surface area contributed by atoms with Crippen molar-refractivity contribution in [2.24, 2.45) is 0 Å². The summed E-state index contributed by atoms with van der Waals surface area (Å²) >= 11 is 0. The van der Waals surface area contributed by atoms with Gasteiger partial charge in [0.25, 0.3) is 5.91 Å². The molecule has 1 aromatic carbocycles. The number of amides is 1. The lowest BCUT2D eigenvalue weighted by molar-refractivity contribution is 0.0786. The van der Waals surface area contributed by atoms with Gasteiger partial charge in [0, 0.05) is 44.4 Å². The molecule has 5 nitrogen and oxygen atoms in total. The van der Waals surface area contributed by atoms with Crippen molar-refractivity contribution in [3.63, 3.8) is 0 Å². The van der Waals surface area contributed by atoms with Crippen LogP contribution in [-0.4, -0.2) is 41.1 Å².